The van der Waals surface area contributed by atoms with E-state index in [9.17, 15) is 4.79 Å². The molecule has 5 nitrogen and oxygen atoms in total. The number of carbonyl (C=O) groups is 1. The Bertz CT molecular complexity index is 1170. The van der Waals surface area contributed by atoms with E-state index in [0.29, 0.717) is 52.1 Å². The summed E-state index contributed by atoms with van der Waals surface area (Å²) in [6.07, 6.45) is 0.478. The van der Waals surface area contributed by atoms with Crippen molar-refractivity contribution >= 4 is 52.1 Å². The van der Waals surface area contributed by atoms with Crippen molar-refractivity contribution in [3.63, 3.8) is 0 Å². The van der Waals surface area contributed by atoms with Crippen LogP contribution in [0.4, 0.5) is 11.4 Å². The Kier molecular flexibility index (Phi) is 9.96. The molecule has 0 heterocycles. The predicted molar refractivity (Wildman–Crippen MR) is 145 cm³/mol. The van der Waals surface area contributed by atoms with Gasteiger partial charge in [0.1, 0.15) is 6.61 Å². The van der Waals surface area contributed by atoms with E-state index in [1.54, 1.807) is 18.2 Å². The maximum atomic E-state index is 12.1. The van der Waals surface area contributed by atoms with Crippen LogP contribution in [0.25, 0.3) is 0 Å². The van der Waals surface area contributed by atoms with Crippen molar-refractivity contribution in [2.75, 3.05) is 17.2 Å². The van der Waals surface area contributed by atoms with E-state index in [-0.39, 0.29) is 12.5 Å². The molecule has 35 heavy (non-hydrogen) atoms. The highest BCUT2D eigenvalue weighted by molar-refractivity contribution is 6.35. The molecule has 0 saturated carbocycles. The maximum absolute atomic E-state index is 12.1. The minimum Gasteiger partial charge on any atom is -0.490 e. The molecule has 0 spiro atoms. The number of anilines is 2. The molecule has 3 aromatic carbocycles. The quantitative estimate of drug-likeness (QED) is 0.260. The van der Waals surface area contributed by atoms with Gasteiger partial charge in [0.15, 0.2) is 11.5 Å². The first kappa shape index (κ1) is 27.0. The summed E-state index contributed by atoms with van der Waals surface area (Å²) in [7, 11) is 0. The minimum atomic E-state index is -0.00275. The van der Waals surface area contributed by atoms with Gasteiger partial charge in [0.2, 0.25) is 5.91 Å². The molecular formula is C27H29Cl3N2O3. The smallest absolute Gasteiger partial charge is 0.224 e. The molecule has 0 aliphatic carbocycles. The Balaban J connectivity index is 1.69. The van der Waals surface area contributed by atoms with Gasteiger partial charge in [-0.1, -0.05) is 60.8 Å². The number of nitrogens with one attached hydrogen (secondary N) is 2. The van der Waals surface area contributed by atoms with Gasteiger partial charge in [-0.25, -0.2) is 0 Å². The van der Waals surface area contributed by atoms with Crippen LogP contribution in [0.1, 0.15) is 38.3 Å². The molecule has 0 aliphatic heterocycles. The fraction of sp³-hybridized carbons (Fsp3) is 0.296. The maximum Gasteiger partial charge on any atom is 0.224 e. The summed E-state index contributed by atoms with van der Waals surface area (Å²) in [6, 6.07) is 16.5. The SMILES string of the molecule is CCOc1cc(CNc2cccc(NC(=O)CC(C)C)c2)c(Cl)cc1OCc1ccc(Cl)cc1Cl. The molecule has 0 bridgehead atoms. The number of halogens is 3. The molecular weight excluding hydrogens is 507 g/mol. The fourth-order valence-electron chi connectivity index (χ4n) is 3.38. The van der Waals surface area contributed by atoms with Crippen molar-refractivity contribution in [2.24, 2.45) is 5.92 Å². The molecule has 186 valence electrons. The van der Waals surface area contributed by atoms with E-state index < -0.39 is 0 Å². The molecule has 0 saturated heterocycles. The molecule has 1 amide bonds. The molecule has 0 atom stereocenters. The van der Waals surface area contributed by atoms with Crippen LogP contribution in [0.15, 0.2) is 54.6 Å². The largest absolute Gasteiger partial charge is 0.490 e. The summed E-state index contributed by atoms with van der Waals surface area (Å²) in [5.41, 5.74) is 3.26. The topological polar surface area (TPSA) is 59.6 Å². The van der Waals surface area contributed by atoms with Gasteiger partial charge in [-0.2, -0.15) is 0 Å². The van der Waals surface area contributed by atoms with Crippen LogP contribution < -0.4 is 20.1 Å². The highest BCUT2D eigenvalue weighted by Crippen LogP contribution is 2.35. The summed E-state index contributed by atoms with van der Waals surface area (Å²) >= 11 is 18.8. The summed E-state index contributed by atoms with van der Waals surface area (Å²) < 4.78 is 11.8. The average Bonchev–Trinajstić information content (AvgIpc) is 2.79. The second kappa shape index (κ2) is 12.9. The van der Waals surface area contributed by atoms with E-state index >= 15 is 0 Å². The fourth-order valence-corrected chi connectivity index (χ4v) is 4.06. The normalized spacial score (nSPS) is 10.8. The van der Waals surface area contributed by atoms with Gasteiger partial charge in [-0.05, 0) is 54.8 Å². The van der Waals surface area contributed by atoms with E-state index in [4.69, 9.17) is 44.3 Å². The Morgan fingerprint density at radius 1 is 0.886 bits per heavy atom. The number of amides is 1. The highest BCUT2D eigenvalue weighted by atomic mass is 35.5. The lowest BCUT2D eigenvalue weighted by Gasteiger charge is -2.16. The van der Waals surface area contributed by atoms with E-state index in [0.717, 1.165) is 22.5 Å². The molecule has 8 heteroatoms. The predicted octanol–water partition coefficient (Wildman–Crippen LogP) is 8.22. The van der Waals surface area contributed by atoms with Crippen LogP contribution in [0.2, 0.25) is 15.1 Å². The number of benzene rings is 3. The molecule has 0 radical (unpaired) electrons. The molecule has 3 rings (SSSR count). The number of carbonyl (C=O) groups excluding carboxylic acids is 1. The number of rotatable bonds is 11. The first-order valence-electron chi connectivity index (χ1n) is 11.4. The van der Waals surface area contributed by atoms with Gasteiger partial charge >= 0.3 is 0 Å². The third-order valence-electron chi connectivity index (χ3n) is 5.03. The lowest BCUT2D eigenvalue weighted by Crippen LogP contribution is -2.14. The zero-order valence-corrected chi connectivity index (χ0v) is 22.2. The van der Waals surface area contributed by atoms with E-state index in [2.05, 4.69) is 10.6 Å². The van der Waals surface area contributed by atoms with E-state index in [1.807, 2.05) is 57.2 Å². The number of hydrogen-bond acceptors (Lipinski definition) is 4. The zero-order valence-electron chi connectivity index (χ0n) is 20.0. The summed E-state index contributed by atoms with van der Waals surface area (Å²) in [6.45, 7) is 7.13. The highest BCUT2D eigenvalue weighted by Gasteiger charge is 2.13. The van der Waals surface area contributed by atoms with Crippen LogP contribution in [-0.4, -0.2) is 12.5 Å². The van der Waals surface area contributed by atoms with Crippen molar-refractivity contribution in [2.45, 2.75) is 40.3 Å². The minimum absolute atomic E-state index is 0.00275. The van der Waals surface area contributed by atoms with Crippen LogP contribution >= 0.6 is 34.8 Å². The van der Waals surface area contributed by atoms with Crippen LogP contribution in [0.5, 0.6) is 11.5 Å². The molecule has 0 aromatic heterocycles. The molecule has 2 N–H and O–H groups in total. The van der Waals surface area contributed by atoms with Gasteiger partial charge in [0, 0.05) is 51.0 Å². The Hall–Kier alpha value is -2.60. The number of ether oxygens (including phenoxy) is 2. The van der Waals surface area contributed by atoms with E-state index in [1.165, 1.54) is 0 Å². The second-order valence-electron chi connectivity index (χ2n) is 8.43. The van der Waals surface area contributed by atoms with Gasteiger partial charge in [-0.15, -0.1) is 0 Å². The summed E-state index contributed by atoms with van der Waals surface area (Å²) in [4.78, 5) is 12.1. The summed E-state index contributed by atoms with van der Waals surface area (Å²) in [5.74, 6) is 1.42. The molecule has 0 aliphatic rings. The van der Waals surface area contributed by atoms with Crippen LogP contribution in [0.3, 0.4) is 0 Å². The average molecular weight is 536 g/mol. The molecule has 3 aromatic rings. The Morgan fingerprint density at radius 2 is 1.60 bits per heavy atom. The lowest BCUT2D eigenvalue weighted by molar-refractivity contribution is -0.116. The second-order valence-corrected chi connectivity index (χ2v) is 9.68. The van der Waals surface area contributed by atoms with Crippen molar-refractivity contribution in [1.29, 1.82) is 0 Å². The monoisotopic (exact) mass is 534 g/mol. The third kappa shape index (κ3) is 8.24. The van der Waals surface area contributed by atoms with Crippen LogP contribution in [-0.2, 0) is 17.9 Å². The van der Waals surface area contributed by atoms with Crippen LogP contribution in [0, 0.1) is 5.92 Å². The molecule has 0 unspecified atom stereocenters. The Morgan fingerprint density at radius 3 is 2.31 bits per heavy atom. The number of hydrogen-bond donors (Lipinski definition) is 2. The van der Waals surface area contributed by atoms with Gasteiger partial charge in [-0.3, -0.25) is 4.79 Å². The first-order valence-corrected chi connectivity index (χ1v) is 12.5. The van der Waals surface area contributed by atoms with Gasteiger partial charge in [0.05, 0.1) is 6.61 Å². The summed E-state index contributed by atoms with van der Waals surface area (Å²) in [5, 5.41) is 7.93. The first-order chi connectivity index (χ1) is 16.7. The Labute approximate surface area is 221 Å². The van der Waals surface area contributed by atoms with Crippen molar-refractivity contribution < 1.29 is 14.3 Å². The standard InChI is InChI=1S/C27H29Cl3N2O3/c1-4-34-25-11-19(15-31-21-6-5-7-22(13-21)32-27(33)10-17(2)3)24(30)14-26(25)35-16-18-8-9-20(28)12-23(18)29/h5-9,11-14,17,31H,4,10,15-16H2,1-3H3,(H,32,33). The third-order valence-corrected chi connectivity index (χ3v) is 5.97. The zero-order chi connectivity index (χ0) is 25.4. The van der Waals surface area contributed by atoms with Gasteiger partial charge < -0.3 is 20.1 Å². The van der Waals surface area contributed by atoms with Crippen molar-refractivity contribution in [1.82, 2.24) is 0 Å². The lowest BCUT2D eigenvalue weighted by atomic mass is 10.1. The van der Waals surface area contributed by atoms with Crippen molar-refractivity contribution in [3.05, 3.63) is 80.8 Å². The molecule has 0 fully saturated rings. The van der Waals surface area contributed by atoms with Gasteiger partial charge in [0.25, 0.3) is 0 Å². The van der Waals surface area contributed by atoms with Crippen molar-refractivity contribution in [3.8, 4) is 11.5 Å².